The number of carbonyl (C=O) groups excluding carboxylic acids is 1. The van der Waals surface area contributed by atoms with Gasteiger partial charge in [0.2, 0.25) is 5.91 Å². The largest absolute Gasteiger partial charge is 0.369 e. The molecule has 0 aliphatic rings. The zero-order valence-corrected chi connectivity index (χ0v) is 9.65. The van der Waals surface area contributed by atoms with Gasteiger partial charge in [-0.05, 0) is 13.8 Å². The van der Waals surface area contributed by atoms with Crippen LogP contribution in [0.4, 0.5) is 0 Å². The Morgan fingerprint density at radius 1 is 1.43 bits per heavy atom. The predicted octanol–water partition coefficient (Wildman–Crippen LogP) is -0.868. The zero-order valence-electron chi connectivity index (χ0n) is 8.83. The van der Waals surface area contributed by atoms with E-state index >= 15 is 0 Å². The molecule has 5 nitrogen and oxygen atoms in total. The van der Waals surface area contributed by atoms with E-state index in [1.807, 2.05) is 0 Å². The van der Waals surface area contributed by atoms with Crippen molar-refractivity contribution >= 4 is 15.7 Å². The van der Waals surface area contributed by atoms with Crippen molar-refractivity contribution in [1.29, 1.82) is 0 Å². The van der Waals surface area contributed by atoms with Crippen molar-refractivity contribution < 1.29 is 13.2 Å². The number of nitrogens with one attached hydrogen (secondary N) is 1. The lowest BCUT2D eigenvalue weighted by atomic mass is 9.93. The second-order valence-corrected chi connectivity index (χ2v) is 6.31. The topological polar surface area (TPSA) is 89.3 Å². The van der Waals surface area contributed by atoms with Gasteiger partial charge in [-0.2, -0.15) is 0 Å². The molecule has 0 saturated heterocycles. The third-order valence-corrected chi connectivity index (χ3v) is 2.83. The number of amides is 1. The van der Waals surface area contributed by atoms with Gasteiger partial charge >= 0.3 is 0 Å². The van der Waals surface area contributed by atoms with E-state index < -0.39 is 21.2 Å². The SMILES string of the molecule is CC(C)(CNCCS(C)(=O)=O)C(N)=O. The Kier molecular flexibility index (Phi) is 4.54. The quantitative estimate of drug-likeness (QED) is 0.572. The highest BCUT2D eigenvalue weighted by atomic mass is 32.2. The van der Waals surface area contributed by atoms with E-state index in [1.54, 1.807) is 13.8 Å². The Morgan fingerprint density at radius 2 is 1.93 bits per heavy atom. The maximum absolute atomic E-state index is 10.9. The minimum absolute atomic E-state index is 0.0713. The molecule has 0 atom stereocenters. The molecule has 0 aliphatic heterocycles. The zero-order chi connectivity index (χ0) is 11.4. The molecular weight excluding hydrogens is 204 g/mol. The highest BCUT2D eigenvalue weighted by Crippen LogP contribution is 2.11. The summed E-state index contributed by atoms with van der Waals surface area (Å²) in [6, 6.07) is 0. The molecule has 0 aromatic carbocycles. The molecule has 0 rings (SSSR count). The van der Waals surface area contributed by atoms with Crippen molar-refractivity contribution in [2.75, 3.05) is 25.1 Å². The second-order valence-electron chi connectivity index (χ2n) is 4.05. The van der Waals surface area contributed by atoms with E-state index in [2.05, 4.69) is 5.32 Å². The Labute approximate surface area is 85.0 Å². The summed E-state index contributed by atoms with van der Waals surface area (Å²) in [5, 5.41) is 2.88. The van der Waals surface area contributed by atoms with Crippen LogP contribution >= 0.6 is 0 Å². The summed E-state index contributed by atoms with van der Waals surface area (Å²) in [6.45, 7) is 4.15. The Bertz CT molecular complexity index is 296. The third kappa shape index (κ3) is 5.93. The summed E-state index contributed by atoms with van der Waals surface area (Å²) in [5.41, 5.74) is 4.50. The van der Waals surface area contributed by atoms with E-state index in [0.717, 1.165) is 0 Å². The normalized spacial score (nSPS) is 12.8. The number of hydrogen-bond donors (Lipinski definition) is 2. The molecular formula is C8H18N2O3S. The van der Waals surface area contributed by atoms with E-state index in [9.17, 15) is 13.2 Å². The van der Waals surface area contributed by atoms with Crippen LogP contribution in [0.5, 0.6) is 0 Å². The minimum atomic E-state index is -2.94. The summed E-state index contributed by atoms with van der Waals surface area (Å²) >= 11 is 0. The van der Waals surface area contributed by atoms with Gasteiger partial charge in [0.15, 0.2) is 0 Å². The number of primary amides is 1. The molecule has 0 radical (unpaired) electrons. The van der Waals surface area contributed by atoms with Crippen molar-refractivity contribution in [3.8, 4) is 0 Å². The molecule has 0 bridgehead atoms. The monoisotopic (exact) mass is 222 g/mol. The smallest absolute Gasteiger partial charge is 0.224 e. The van der Waals surface area contributed by atoms with E-state index in [-0.39, 0.29) is 5.75 Å². The summed E-state index contributed by atoms with van der Waals surface area (Å²) in [7, 11) is -2.94. The van der Waals surface area contributed by atoms with Crippen LogP contribution in [-0.4, -0.2) is 39.4 Å². The summed E-state index contributed by atoms with van der Waals surface area (Å²) in [5.74, 6) is -0.327. The van der Waals surface area contributed by atoms with Crippen molar-refractivity contribution in [1.82, 2.24) is 5.32 Å². The fraction of sp³-hybridized carbons (Fsp3) is 0.875. The van der Waals surface area contributed by atoms with Crippen LogP contribution in [0, 0.1) is 5.41 Å². The first kappa shape index (κ1) is 13.4. The maximum atomic E-state index is 10.9. The highest BCUT2D eigenvalue weighted by Gasteiger charge is 2.24. The molecule has 0 fully saturated rings. The first-order valence-corrected chi connectivity index (χ1v) is 6.39. The molecule has 0 aliphatic carbocycles. The molecule has 0 unspecified atom stereocenters. The average molecular weight is 222 g/mol. The Hall–Kier alpha value is -0.620. The van der Waals surface area contributed by atoms with E-state index in [4.69, 9.17) is 5.73 Å². The van der Waals surface area contributed by atoms with Gasteiger partial charge in [-0.1, -0.05) is 0 Å². The van der Waals surface area contributed by atoms with Gasteiger partial charge in [0.1, 0.15) is 9.84 Å². The maximum Gasteiger partial charge on any atom is 0.224 e. The first-order valence-electron chi connectivity index (χ1n) is 4.33. The molecule has 0 heterocycles. The summed E-state index contributed by atoms with van der Waals surface area (Å²) in [6.07, 6.45) is 1.17. The van der Waals surface area contributed by atoms with Gasteiger partial charge in [0, 0.05) is 19.3 Å². The molecule has 84 valence electrons. The second kappa shape index (κ2) is 4.75. The van der Waals surface area contributed by atoms with Crippen molar-refractivity contribution in [2.24, 2.45) is 11.1 Å². The van der Waals surface area contributed by atoms with Gasteiger partial charge in [-0.25, -0.2) is 8.42 Å². The molecule has 1 amide bonds. The van der Waals surface area contributed by atoms with Crippen molar-refractivity contribution in [3.05, 3.63) is 0 Å². The lowest BCUT2D eigenvalue weighted by molar-refractivity contribution is -0.125. The molecule has 6 heteroatoms. The van der Waals surface area contributed by atoms with Gasteiger partial charge < -0.3 is 11.1 Å². The number of rotatable bonds is 6. The van der Waals surface area contributed by atoms with Crippen LogP contribution in [0.1, 0.15) is 13.8 Å². The first-order chi connectivity index (χ1) is 6.15. The Balaban J connectivity index is 3.81. The minimum Gasteiger partial charge on any atom is -0.369 e. The predicted molar refractivity (Wildman–Crippen MR) is 55.6 cm³/mol. The van der Waals surface area contributed by atoms with Gasteiger partial charge in [-0.15, -0.1) is 0 Å². The van der Waals surface area contributed by atoms with Crippen LogP contribution in [0.15, 0.2) is 0 Å². The molecule has 0 aromatic heterocycles. The fourth-order valence-corrected chi connectivity index (χ4v) is 1.26. The van der Waals surface area contributed by atoms with Crippen LogP contribution < -0.4 is 11.1 Å². The van der Waals surface area contributed by atoms with Crippen molar-refractivity contribution in [3.63, 3.8) is 0 Å². The van der Waals surface area contributed by atoms with Crippen LogP contribution in [0.3, 0.4) is 0 Å². The van der Waals surface area contributed by atoms with Crippen molar-refractivity contribution in [2.45, 2.75) is 13.8 Å². The van der Waals surface area contributed by atoms with Gasteiger partial charge in [0.25, 0.3) is 0 Å². The lowest BCUT2D eigenvalue weighted by Crippen LogP contribution is -2.41. The lowest BCUT2D eigenvalue weighted by Gasteiger charge is -2.20. The van der Waals surface area contributed by atoms with Gasteiger partial charge in [-0.3, -0.25) is 4.79 Å². The summed E-state index contributed by atoms with van der Waals surface area (Å²) in [4.78, 5) is 10.9. The van der Waals surface area contributed by atoms with Crippen LogP contribution in [0.25, 0.3) is 0 Å². The average Bonchev–Trinajstić information content (AvgIpc) is 1.96. The third-order valence-electron chi connectivity index (χ3n) is 1.88. The van der Waals surface area contributed by atoms with Crippen LogP contribution in [0.2, 0.25) is 0 Å². The molecule has 14 heavy (non-hydrogen) atoms. The summed E-state index contributed by atoms with van der Waals surface area (Å²) < 4.78 is 21.5. The highest BCUT2D eigenvalue weighted by molar-refractivity contribution is 7.90. The number of carbonyl (C=O) groups is 1. The standard InChI is InChI=1S/C8H18N2O3S/c1-8(2,7(9)11)6-10-4-5-14(3,12)13/h10H,4-6H2,1-3H3,(H2,9,11). The molecule has 0 saturated carbocycles. The Morgan fingerprint density at radius 3 is 2.29 bits per heavy atom. The molecule has 0 aromatic rings. The van der Waals surface area contributed by atoms with E-state index in [0.29, 0.717) is 13.1 Å². The van der Waals surface area contributed by atoms with E-state index in [1.165, 1.54) is 6.26 Å². The fourth-order valence-electron chi connectivity index (χ4n) is 0.746. The molecule has 0 spiro atoms. The number of hydrogen-bond acceptors (Lipinski definition) is 4. The number of nitrogens with two attached hydrogens (primary N) is 1. The molecule has 3 N–H and O–H groups in total. The number of sulfone groups is 1. The van der Waals surface area contributed by atoms with Gasteiger partial charge in [0.05, 0.1) is 11.2 Å². The van der Waals surface area contributed by atoms with Crippen LogP contribution in [-0.2, 0) is 14.6 Å².